The molecule has 0 saturated heterocycles. The fourth-order valence-corrected chi connectivity index (χ4v) is 2.30. The van der Waals surface area contributed by atoms with E-state index in [1.807, 2.05) is 31.2 Å². The first-order chi connectivity index (χ1) is 9.61. The van der Waals surface area contributed by atoms with Gasteiger partial charge in [-0.3, -0.25) is 0 Å². The number of rotatable bonds is 5. The highest BCUT2D eigenvalue weighted by Gasteiger charge is 2.07. The minimum atomic E-state index is -0.103. The zero-order valence-electron chi connectivity index (χ0n) is 11.0. The van der Waals surface area contributed by atoms with Crippen LogP contribution in [0.2, 0.25) is 10.0 Å². The standard InChI is InChI=1S/C15H15Cl2NO2/c1-2-20-14-6-4-3-5-10(14)9-18-11-7-12(16)15(19)13(17)8-11/h3-8,18-19H,2,9H2,1H3. The molecule has 2 rings (SSSR count). The Bertz CT molecular complexity index is 579. The highest BCUT2D eigenvalue weighted by molar-refractivity contribution is 6.37. The lowest BCUT2D eigenvalue weighted by atomic mass is 10.2. The summed E-state index contributed by atoms with van der Waals surface area (Å²) in [5.74, 6) is 0.743. The number of aromatic hydroxyl groups is 1. The van der Waals surface area contributed by atoms with E-state index in [2.05, 4.69) is 5.32 Å². The van der Waals surface area contributed by atoms with Crippen LogP contribution < -0.4 is 10.1 Å². The SMILES string of the molecule is CCOc1ccccc1CNc1cc(Cl)c(O)c(Cl)c1. The van der Waals surface area contributed by atoms with Crippen LogP contribution in [0.4, 0.5) is 5.69 Å². The van der Waals surface area contributed by atoms with Gasteiger partial charge in [0.2, 0.25) is 0 Å². The molecule has 2 N–H and O–H groups in total. The molecular formula is C15H15Cl2NO2. The van der Waals surface area contributed by atoms with E-state index in [0.29, 0.717) is 13.2 Å². The van der Waals surface area contributed by atoms with Crippen molar-refractivity contribution < 1.29 is 9.84 Å². The van der Waals surface area contributed by atoms with Crippen LogP contribution >= 0.6 is 23.2 Å². The maximum Gasteiger partial charge on any atom is 0.152 e. The van der Waals surface area contributed by atoms with Gasteiger partial charge in [0.05, 0.1) is 16.7 Å². The predicted octanol–water partition coefficient (Wildman–Crippen LogP) is 4.71. The molecule has 0 spiro atoms. The van der Waals surface area contributed by atoms with Crippen molar-refractivity contribution in [3.05, 3.63) is 52.0 Å². The molecule has 3 nitrogen and oxygen atoms in total. The molecule has 2 aromatic carbocycles. The molecule has 0 amide bonds. The number of phenols is 1. The molecule has 0 aromatic heterocycles. The number of hydrogen-bond donors (Lipinski definition) is 2. The van der Waals surface area contributed by atoms with E-state index in [1.165, 1.54) is 0 Å². The lowest BCUT2D eigenvalue weighted by molar-refractivity contribution is 0.337. The summed E-state index contributed by atoms with van der Waals surface area (Å²) in [5, 5.41) is 13.2. The van der Waals surface area contributed by atoms with E-state index in [1.54, 1.807) is 12.1 Å². The van der Waals surface area contributed by atoms with Crippen molar-refractivity contribution >= 4 is 28.9 Å². The molecule has 0 unspecified atom stereocenters. The van der Waals surface area contributed by atoms with Gasteiger partial charge in [-0.15, -0.1) is 0 Å². The van der Waals surface area contributed by atoms with E-state index < -0.39 is 0 Å². The van der Waals surface area contributed by atoms with E-state index in [4.69, 9.17) is 27.9 Å². The van der Waals surface area contributed by atoms with Crippen molar-refractivity contribution in [3.63, 3.8) is 0 Å². The summed E-state index contributed by atoms with van der Waals surface area (Å²) in [6.45, 7) is 3.14. The van der Waals surface area contributed by atoms with Crippen LogP contribution in [0.15, 0.2) is 36.4 Å². The van der Waals surface area contributed by atoms with Gasteiger partial charge in [0, 0.05) is 17.8 Å². The molecule has 0 aliphatic heterocycles. The van der Waals surface area contributed by atoms with Crippen LogP contribution in [-0.4, -0.2) is 11.7 Å². The normalized spacial score (nSPS) is 10.3. The molecule has 106 valence electrons. The lowest BCUT2D eigenvalue weighted by Crippen LogP contribution is -2.03. The first-order valence-corrected chi connectivity index (χ1v) is 7.00. The molecule has 0 heterocycles. The Morgan fingerprint density at radius 1 is 1.15 bits per heavy atom. The minimum Gasteiger partial charge on any atom is -0.505 e. The highest BCUT2D eigenvalue weighted by atomic mass is 35.5. The van der Waals surface area contributed by atoms with Crippen LogP contribution in [-0.2, 0) is 6.54 Å². The number of phenolic OH excluding ortho intramolecular Hbond substituents is 1. The van der Waals surface area contributed by atoms with Crippen molar-refractivity contribution in [2.45, 2.75) is 13.5 Å². The molecule has 0 aliphatic carbocycles. The predicted molar refractivity (Wildman–Crippen MR) is 83.1 cm³/mol. The first-order valence-electron chi connectivity index (χ1n) is 6.24. The maximum absolute atomic E-state index is 9.52. The zero-order chi connectivity index (χ0) is 14.5. The Morgan fingerprint density at radius 3 is 2.45 bits per heavy atom. The number of halogens is 2. The summed E-state index contributed by atoms with van der Waals surface area (Å²) in [5.41, 5.74) is 1.78. The van der Waals surface area contributed by atoms with Gasteiger partial charge in [0.1, 0.15) is 5.75 Å². The van der Waals surface area contributed by atoms with Gasteiger partial charge in [0.15, 0.2) is 5.75 Å². The Morgan fingerprint density at radius 2 is 1.80 bits per heavy atom. The second kappa shape index (κ2) is 6.73. The molecule has 0 bridgehead atoms. The van der Waals surface area contributed by atoms with Crippen LogP contribution in [0, 0.1) is 0 Å². The van der Waals surface area contributed by atoms with Gasteiger partial charge >= 0.3 is 0 Å². The highest BCUT2D eigenvalue weighted by Crippen LogP contribution is 2.34. The van der Waals surface area contributed by atoms with Crippen LogP contribution in [0.25, 0.3) is 0 Å². The summed E-state index contributed by atoms with van der Waals surface area (Å²) in [6, 6.07) is 11.1. The maximum atomic E-state index is 9.52. The van der Waals surface area contributed by atoms with E-state index >= 15 is 0 Å². The minimum absolute atomic E-state index is 0.103. The first kappa shape index (κ1) is 14.8. The molecule has 0 radical (unpaired) electrons. The molecule has 0 atom stereocenters. The number of benzene rings is 2. The average molecular weight is 312 g/mol. The third-order valence-electron chi connectivity index (χ3n) is 2.77. The zero-order valence-corrected chi connectivity index (χ0v) is 12.5. The third-order valence-corrected chi connectivity index (χ3v) is 3.35. The largest absolute Gasteiger partial charge is 0.505 e. The summed E-state index contributed by atoms with van der Waals surface area (Å²) >= 11 is 11.8. The smallest absolute Gasteiger partial charge is 0.152 e. The summed E-state index contributed by atoms with van der Waals surface area (Å²) in [7, 11) is 0. The monoisotopic (exact) mass is 311 g/mol. The van der Waals surface area contributed by atoms with Gasteiger partial charge in [0.25, 0.3) is 0 Å². The van der Waals surface area contributed by atoms with Crippen LogP contribution in [0.5, 0.6) is 11.5 Å². The van der Waals surface area contributed by atoms with E-state index in [-0.39, 0.29) is 15.8 Å². The fourth-order valence-electron chi connectivity index (χ4n) is 1.81. The van der Waals surface area contributed by atoms with Crippen molar-refractivity contribution in [2.75, 3.05) is 11.9 Å². The Hall–Kier alpha value is -1.58. The van der Waals surface area contributed by atoms with Crippen LogP contribution in [0.1, 0.15) is 12.5 Å². The number of anilines is 1. The Balaban J connectivity index is 2.13. The molecule has 20 heavy (non-hydrogen) atoms. The summed E-state index contributed by atoms with van der Waals surface area (Å²) in [6.07, 6.45) is 0. The second-order valence-corrected chi connectivity index (χ2v) is 5.00. The Labute approximate surface area is 128 Å². The van der Waals surface area contributed by atoms with Crippen LogP contribution in [0.3, 0.4) is 0 Å². The Kier molecular flexibility index (Phi) is 4.99. The quantitative estimate of drug-likeness (QED) is 0.786. The third kappa shape index (κ3) is 3.50. The molecular weight excluding hydrogens is 297 g/mol. The van der Waals surface area contributed by atoms with Gasteiger partial charge in [-0.05, 0) is 25.1 Å². The van der Waals surface area contributed by atoms with Crippen molar-refractivity contribution in [1.82, 2.24) is 0 Å². The molecule has 2 aromatic rings. The van der Waals surface area contributed by atoms with Gasteiger partial charge in [-0.2, -0.15) is 0 Å². The van der Waals surface area contributed by atoms with Crippen molar-refractivity contribution in [1.29, 1.82) is 0 Å². The number of ether oxygens (including phenoxy) is 1. The second-order valence-electron chi connectivity index (χ2n) is 4.18. The number of hydrogen-bond acceptors (Lipinski definition) is 3. The average Bonchev–Trinajstić information content (AvgIpc) is 2.44. The summed E-state index contributed by atoms with van der Waals surface area (Å²) in [4.78, 5) is 0. The molecule has 0 saturated carbocycles. The fraction of sp³-hybridized carbons (Fsp3) is 0.200. The van der Waals surface area contributed by atoms with Crippen molar-refractivity contribution in [2.24, 2.45) is 0 Å². The van der Waals surface area contributed by atoms with Gasteiger partial charge < -0.3 is 15.2 Å². The number of nitrogens with one attached hydrogen (secondary N) is 1. The number of para-hydroxylation sites is 1. The summed E-state index contributed by atoms with van der Waals surface area (Å²) < 4.78 is 5.56. The molecule has 5 heteroatoms. The van der Waals surface area contributed by atoms with Gasteiger partial charge in [-0.1, -0.05) is 41.4 Å². The van der Waals surface area contributed by atoms with Crippen molar-refractivity contribution in [3.8, 4) is 11.5 Å². The lowest BCUT2D eigenvalue weighted by Gasteiger charge is -2.12. The topological polar surface area (TPSA) is 41.5 Å². The van der Waals surface area contributed by atoms with E-state index in [9.17, 15) is 5.11 Å². The van der Waals surface area contributed by atoms with E-state index in [0.717, 1.165) is 17.0 Å². The molecule has 0 aliphatic rings. The van der Waals surface area contributed by atoms with Gasteiger partial charge in [-0.25, -0.2) is 0 Å². The molecule has 0 fully saturated rings.